The SMILES string of the molecule is CCc1cc(N(C)Cc2ccccc2)nc(SCc2ccc(C(=O)NCc3cccnc3)o2)n1. The van der Waals surface area contributed by atoms with Gasteiger partial charge in [-0.1, -0.05) is 55.1 Å². The third-order valence-corrected chi connectivity index (χ3v) is 6.04. The van der Waals surface area contributed by atoms with Gasteiger partial charge < -0.3 is 14.6 Å². The molecule has 3 aromatic heterocycles. The number of carbonyl (C=O) groups excluding carboxylic acids is 1. The first-order valence-electron chi connectivity index (χ1n) is 11.1. The lowest BCUT2D eigenvalue weighted by molar-refractivity contribution is 0.0921. The van der Waals surface area contributed by atoms with Crippen LogP contribution in [-0.2, 0) is 25.3 Å². The largest absolute Gasteiger partial charge is 0.455 e. The number of aryl methyl sites for hydroxylation is 1. The molecule has 0 saturated heterocycles. The number of furan rings is 1. The lowest BCUT2D eigenvalue weighted by Crippen LogP contribution is -2.22. The number of hydrogen-bond donors (Lipinski definition) is 1. The molecule has 0 saturated carbocycles. The van der Waals surface area contributed by atoms with Crippen molar-refractivity contribution in [2.75, 3.05) is 11.9 Å². The van der Waals surface area contributed by atoms with E-state index in [9.17, 15) is 4.79 Å². The van der Waals surface area contributed by atoms with Gasteiger partial charge in [-0.25, -0.2) is 9.97 Å². The highest BCUT2D eigenvalue weighted by Crippen LogP contribution is 2.24. The highest BCUT2D eigenvalue weighted by atomic mass is 32.2. The molecule has 1 amide bonds. The molecule has 0 bridgehead atoms. The van der Waals surface area contributed by atoms with Crippen LogP contribution in [0.4, 0.5) is 5.82 Å². The molecule has 0 radical (unpaired) electrons. The predicted molar refractivity (Wildman–Crippen MR) is 134 cm³/mol. The molecule has 0 unspecified atom stereocenters. The van der Waals surface area contributed by atoms with Crippen molar-refractivity contribution in [2.45, 2.75) is 37.3 Å². The summed E-state index contributed by atoms with van der Waals surface area (Å²) in [4.78, 5) is 28.0. The molecule has 174 valence electrons. The molecular weight excluding hydrogens is 446 g/mol. The molecule has 0 atom stereocenters. The van der Waals surface area contributed by atoms with Gasteiger partial charge in [-0.15, -0.1) is 0 Å². The number of nitrogens with zero attached hydrogens (tertiary/aromatic N) is 4. The van der Waals surface area contributed by atoms with Crippen LogP contribution in [0.25, 0.3) is 0 Å². The standard InChI is InChI=1S/C26H27N5O2S/c1-3-21-14-24(31(2)17-19-8-5-4-6-9-19)30-26(29-21)34-18-22-11-12-23(33-22)25(32)28-16-20-10-7-13-27-15-20/h4-15H,3,16-18H2,1-2H3,(H,28,32). The number of aromatic nitrogens is 3. The first-order chi connectivity index (χ1) is 16.6. The monoisotopic (exact) mass is 473 g/mol. The van der Waals surface area contributed by atoms with Gasteiger partial charge >= 0.3 is 0 Å². The summed E-state index contributed by atoms with van der Waals surface area (Å²) in [5, 5.41) is 3.54. The van der Waals surface area contributed by atoms with Crippen LogP contribution in [0.5, 0.6) is 0 Å². The molecule has 1 aromatic carbocycles. The minimum atomic E-state index is -0.255. The molecule has 0 aliphatic carbocycles. The van der Waals surface area contributed by atoms with Crippen molar-refractivity contribution in [3.05, 3.63) is 101 Å². The molecule has 8 heteroatoms. The van der Waals surface area contributed by atoms with E-state index in [1.54, 1.807) is 18.5 Å². The fourth-order valence-electron chi connectivity index (χ4n) is 3.32. The number of benzene rings is 1. The average Bonchev–Trinajstić information content (AvgIpc) is 3.36. The highest BCUT2D eigenvalue weighted by molar-refractivity contribution is 7.98. The zero-order valence-electron chi connectivity index (χ0n) is 19.3. The van der Waals surface area contributed by atoms with Crippen LogP contribution in [0.15, 0.2) is 82.6 Å². The summed E-state index contributed by atoms with van der Waals surface area (Å²) >= 11 is 1.49. The van der Waals surface area contributed by atoms with Gasteiger partial charge in [-0.05, 0) is 35.7 Å². The van der Waals surface area contributed by atoms with Crippen molar-refractivity contribution >= 4 is 23.5 Å². The van der Waals surface area contributed by atoms with E-state index in [2.05, 4.69) is 39.2 Å². The molecule has 4 aromatic rings. The van der Waals surface area contributed by atoms with Crippen LogP contribution in [0.1, 0.15) is 40.1 Å². The van der Waals surface area contributed by atoms with E-state index in [1.807, 2.05) is 49.5 Å². The van der Waals surface area contributed by atoms with Crippen molar-refractivity contribution in [3.63, 3.8) is 0 Å². The number of hydrogen-bond acceptors (Lipinski definition) is 7. The van der Waals surface area contributed by atoms with Gasteiger partial charge in [0.05, 0.1) is 5.75 Å². The third-order valence-electron chi connectivity index (χ3n) is 5.17. The normalized spacial score (nSPS) is 10.8. The van der Waals surface area contributed by atoms with E-state index in [0.29, 0.717) is 23.2 Å². The van der Waals surface area contributed by atoms with Crippen LogP contribution < -0.4 is 10.2 Å². The second kappa shape index (κ2) is 11.5. The Morgan fingerprint density at radius 2 is 1.88 bits per heavy atom. The summed E-state index contributed by atoms with van der Waals surface area (Å²) < 4.78 is 5.75. The molecule has 0 fully saturated rings. The van der Waals surface area contributed by atoms with Crippen molar-refractivity contribution in [1.82, 2.24) is 20.3 Å². The minimum absolute atomic E-state index is 0.255. The van der Waals surface area contributed by atoms with Crippen molar-refractivity contribution < 1.29 is 9.21 Å². The van der Waals surface area contributed by atoms with Crippen LogP contribution in [-0.4, -0.2) is 27.9 Å². The summed E-state index contributed by atoms with van der Waals surface area (Å²) in [6, 6.07) is 19.6. The Labute approximate surface area is 203 Å². The molecule has 3 heterocycles. The highest BCUT2D eigenvalue weighted by Gasteiger charge is 2.13. The summed E-state index contributed by atoms with van der Waals surface area (Å²) in [5.74, 6) is 2.14. The lowest BCUT2D eigenvalue weighted by Gasteiger charge is -2.19. The van der Waals surface area contributed by atoms with E-state index in [-0.39, 0.29) is 11.7 Å². The Balaban J connectivity index is 1.37. The van der Waals surface area contributed by atoms with Gasteiger partial charge in [0, 0.05) is 44.3 Å². The van der Waals surface area contributed by atoms with E-state index in [4.69, 9.17) is 9.40 Å². The second-order valence-electron chi connectivity index (χ2n) is 7.79. The number of carbonyl (C=O) groups is 1. The molecule has 0 aliphatic rings. The van der Waals surface area contributed by atoms with Crippen molar-refractivity contribution in [2.24, 2.45) is 0 Å². The van der Waals surface area contributed by atoms with E-state index in [0.717, 1.165) is 30.0 Å². The number of anilines is 1. The number of rotatable bonds is 10. The first kappa shape index (κ1) is 23.5. The third kappa shape index (κ3) is 6.45. The Bertz CT molecular complexity index is 1210. The molecule has 0 spiro atoms. The predicted octanol–water partition coefficient (Wildman–Crippen LogP) is 4.89. The fourth-order valence-corrected chi connectivity index (χ4v) is 4.09. The number of pyridine rings is 1. The topological polar surface area (TPSA) is 84.2 Å². The quantitative estimate of drug-likeness (QED) is 0.259. The van der Waals surface area contributed by atoms with E-state index < -0.39 is 0 Å². The molecule has 34 heavy (non-hydrogen) atoms. The summed E-state index contributed by atoms with van der Waals surface area (Å²) in [6.07, 6.45) is 4.25. The van der Waals surface area contributed by atoms with Gasteiger partial charge in [0.15, 0.2) is 10.9 Å². The van der Waals surface area contributed by atoms with Gasteiger partial charge in [-0.3, -0.25) is 9.78 Å². The van der Waals surface area contributed by atoms with Gasteiger partial charge in [0.2, 0.25) is 0 Å². The number of thioether (sulfide) groups is 1. The maximum atomic E-state index is 12.4. The van der Waals surface area contributed by atoms with Crippen LogP contribution in [0, 0.1) is 0 Å². The maximum Gasteiger partial charge on any atom is 0.287 e. The molecule has 7 nitrogen and oxygen atoms in total. The van der Waals surface area contributed by atoms with Gasteiger partial charge in [-0.2, -0.15) is 0 Å². The average molecular weight is 474 g/mol. The Morgan fingerprint density at radius 1 is 1.06 bits per heavy atom. The Morgan fingerprint density at radius 3 is 2.65 bits per heavy atom. The number of nitrogens with one attached hydrogen (secondary N) is 1. The van der Waals surface area contributed by atoms with Crippen LogP contribution >= 0.6 is 11.8 Å². The van der Waals surface area contributed by atoms with Crippen molar-refractivity contribution in [3.8, 4) is 0 Å². The van der Waals surface area contributed by atoms with Gasteiger partial charge in [0.1, 0.15) is 11.6 Å². The van der Waals surface area contributed by atoms with E-state index >= 15 is 0 Å². The molecule has 4 rings (SSSR count). The zero-order chi connectivity index (χ0) is 23.8. The second-order valence-corrected chi connectivity index (χ2v) is 8.74. The number of amides is 1. The summed E-state index contributed by atoms with van der Waals surface area (Å²) in [7, 11) is 2.03. The maximum absolute atomic E-state index is 12.4. The molecular formula is C26H27N5O2S. The summed E-state index contributed by atoms with van der Waals surface area (Å²) in [5.41, 5.74) is 3.14. The molecule has 1 N–H and O–H groups in total. The van der Waals surface area contributed by atoms with Crippen molar-refractivity contribution in [1.29, 1.82) is 0 Å². The van der Waals surface area contributed by atoms with Crippen LogP contribution in [0.2, 0.25) is 0 Å². The Kier molecular flexibility index (Phi) is 7.93. The lowest BCUT2D eigenvalue weighted by atomic mass is 10.2. The van der Waals surface area contributed by atoms with E-state index in [1.165, 1.54) is 17.3 Å². The zero-order valence-corrected chi connectivity index (χ0v) is 20.1. The summed E-state index contributed by atoms with van der Waals surface area (Å²) in [6.45, 7) is 3.25. The smallest absolute Gasteiger partial charge is 0.287 e. The Hall–Kier alpha value is -3.65. The van der Waals surface area contributed by atoms with Gasteiger partial charge in [0.25, 0.3) is 5.91 Å². The molecule has 0 aliphatic heterocycles. The minimum Gasteiger partial charge on any atom is -0.455 e. The first-order valence-corrected chi connectivity index (χ1v) is 12.1. The van der Waals surface area contributed by atoms with Crippen LogP contribution in [0.3, 0.4) is 0 Å². The fraction of sp³-hybridized carbons (Fsp3) is 0.231.